The Morgan fingerprint density at radius 3 is 2.72 bits per heavy atom. The Morgan fingerprint density at radius 2 is 2.09 bits per heavy atom. The maximum atomic E-state index is 12.3. The van der Waals surface area contributed by atoms with Gasteiger partial charge in [0.25, 0.3) is 6.47 Å². The van der Waals surface area contributed by atoms with Gasteiger partial charge in [0.2, 0.25) is 0 Å². The zero-order valence-corrected chi connectivity index (χ0v) is 18.3. The molecular weight excluding hydrogens is 422 g/mol. The van der Waals surface area contributed by atoms with Crippen LogP contribution < -0.4 is 10.1 Å². The second kappa shape index (κ2) is 12.7. The molecule has 1 aromatic heterocycles. The lowest BCUT2D eigenvalue weighted by atomic mass is 10.0. The molecule has 1 aromatic carbocycles. The summed E-state index contributed by atoms with van der Waals surface area (Å²) in [6.45, 7) is 4.16. The number of nitrogens with zero attached hydrogens (tertiary/aromatic N) is 3. The summed E-state index contributed by atoms with van der Waals surface area (Å²) in [6.07, 6.45) is 4.66. The van der Waals surface area contributed by atoms with Crippen LogP contribution in [0.4, 0.5) is 14.6 Å². The average molecular weight is 453 g/mol. The van der Waals surface area contributed by atoms with Gasteiger partial charge in [0.15, 0.2) is 0 Å². The van der Waals surface area contributed by atoms with Crippen LogP contribution in [0.1, 0.15) is 38.2 Å². The quantitative estimate of drug-likeness (QED) is 0.513. The molecule has 1 aliphatic heterocycles. The number of benzene rings is 1. The number of anilines is 1. The average Bonchev–Trinajstić information content (AvgIpc) is 2.74. The fourth-order valence-corrected chi connectivity index (χ4v) is 3.68. The number of rotatable bonds is 8. The van der Waals surface area contributed by atoms with Gasteiger partial charge in [-0.1, -0.05) is 13.3 Å². The van der Waals surface area contributed by atoms with Gasteiger partial charge in [-0.3, -0.25) is 4.79 Å². The molecule has 0 aliphatic carbocycles. The van der Waals surface area contributed by atoms with E-state index in [2.05, 4.69) is 32.1 Å². The van der Waals surface area contributed by atoms with Gasteiger partial charge in [-0.2, -0.15) is 8.78 Å². The molecule has 0 bridgehead atoms. The summed E-state index contributed by atoms with van der Waals surface area (Å²) in [5, 5.41) is 29.1. The summed E-state index contributed by atoms with van der Waals surface area (Å²) in [5.74, 6) is 0.418. The number of hydrogen-bond donors (Lipinski definition) is 3. The van der Waals surface area contributed by atoms with E-state index >= 15 is 0 Å². The molecule has 1 unspecified atom stereocenters. The third kappa shape index (κ3) is 7.60. The van der Waals surface area contributed by atoms with Crippen molar-refractivity contribution in [3.63, 3.8) is 0 Å². The molecule has 3 N–H and O–H groups in total. The molecule has 10 heteroatoms. The number of alkyl halides is 2. The number of aromatic nitrogens is 2. The number of likely N-dealkylation sites (tertiary alicyclic amines) is 1. The maximum absolute atomic E-state index is 12.3. The van der Waals surface area contributed by atoms with Gasteiger partial charge in [0.1, 0.15) is 17.3 Å². The van der Waals surface area contributed by atoms with Crippen molar-refractivity contribution in [1.82, 2.24) is 15.1 Å². The number of carboxylic acid groups (broad SMARTS) is 1. The van der Waals surface area contributed by atoms with Crippen molar-refractivity contribution in [2.24, 2.45) is 0 Å². The number of phenolic OH excluding ortho intramolecular Hbond substituents is 1. The van der Waals surface area contributed by atoms with E-state index in [-0.39, 0.29) is 18.0 Å². The highest BCUT2D eigenvalue weighted by atomic mass is 19.3. The first-order valence-corrected chi connectivity index (χ1v) is 10.6. The maximum Gasteiger partial charge on any atom is 0.387 e. The highest BCUT2D eigenvalue weighted by Gasteiger charge is 2.20. The predicted octanol–water partition coefficient (Wildman–Crippen LogP) is 4.14. The Hall–Kier alpha value is -3.01. The van der Waals surface area contributed by atoms with Crippen molar-refractivity contribution in [3.05, 3.63) is 29.8 Å². The Kier molecular flexibility index (Phi) is 10.1. The van der Waals surface area contributed by atoms with Crippen LogP contribution in [0.2, 0.25) is 0 Å². The zero-order chi connectivity index (χ0) is 23.5. The number of phenols is 1. The van der Waals surface area contributed by atoms with Gasteiger partial charge in [-0.25, -0.2) is 0 Å². The zero-order valence-electron chi connectivity index (χ0n) is 18.3. The van der Waals surface area contributed by atoms with Gasteiger partial charge in [0, 0.05) is 24.2 Å². The third-order valence-electron chi connectivity index (χ3n) is 5.12. The number of ether oxygens (including phenoxy) is 1. The topological polar surface area (TPSA) is 108 Å². The summed E-state index contributed by atoms with van der Waals surface area (Å²) in [6, 6.07) is 6.27. The van der Waals surface area contributed by atoms with Crippen molar-refractivity contribution in [3.8, 4) is 22.8 Å². The van der Waals surface area contributed by atoms with E-state index in [9.17, 15) is 13.9 Å². The van der Waals surface area contributed by atoms with E-state index in [0.717, 1.165) is 44.1 Å². The number of aromatic hydroxyl groups is 1. The molecule has 32 heavy (non-hydrogen) atoms. The molecule has 0 radical (unpaired) electrons. The third-order valence-corrected chi connectivity index (χ3v) is 5.12. The molecule has 1 fully saturated rings. The predicted molar refractivity (Wildman–Crippen MR) is 117 cm³/mol. The first-order chi connectivity index (χ1) is 15.4. The fraction of sp³-hybridized carbons (Fsp3) is 0.500. The Labute approximate surface area is 186 Å². The number of nitrogens with one attached hydrogen (secondary N) is 1. The molecule has 0 spiro atoms. The van der Waals surface area contributed by atoms with Crippen molar-refractivity contribution < 1.29 is 28.5 Å². The molecule has 3 rings (SSSR count). The second-order valence-electron chi connectivity index (χ2n) is 7.56. The highest BCUT2D eigenvalue weighted by Crippen LogP contribution is 2.33. The molecule has 1 saturated heterocycles. The van der Waals surface area contributed by atoms with Crippen LogP contribution in [0.25, 0.3) is 11.3 Å². The largest absolute Gasteiger partial charge is 0.507 e. The summed E-state index contributed by atoms with van der Waals surface area (Å²) in [5.41, 5.74) is 1.76. The number of aryl methyl sites for hydroxylation is 1. The first kappa shape index (κ1) is 25.3. The molecule has 2 heterocycles. The molecule has 1 atom stereocenters. The van der Waals surface area contributed by atoms with E-state index in [0.29, 0.717) is 23.1 Å². The Balaban J connectivity index is 0.00000114. The van der Waals surface area contributed by atoms with Crippen LogP contribution in [-0.4, -0.2) is 64.1 Å². The standard InChI is InChI=1S/C21H28F2N4O2.CH2O2/c1-3-4-9-27-10-5-6-15(13-27)24-19-11-14(2)20(26-25-19)17-8-7-16(12-18(17)28)29-21(22)23;2-1-3/h7-8,11-12,15,21,28H,3-6,9-10,13H2,1-2H3,(H,24,25);1H,(H,2,3). The van der Waals surface area contributed by atoms with E-state index in [4.69, 9.17) is 9.90 Å². The van der Waals surface area contributed by atoms with Gasteiger partial charge in [0.05, 0.1) is 5.69 Å². The van der Waals surface area contributed by atoms with Crippen molar-refractivity contribution in [2.45, 2.75) is 52.2 Å². The number of carbonyl (C=O) groups is 1. The minimum Gasteiger partial charge on any atom is -0.507 e. The molecule has 8 nitrogen and oxygen atoms in total. The first-order valence-electron chi connectivity index (χ1n) is 10.6. The number of halogens is 2. The van der Waals surface area contributed by atoms with Crippen molar-refractivity contribution in [2.75, 3.05) is 25.0 Å². The van der Waals surface area contributed by atoms with Crippen LogP contribution in [-0.2, 0) is 4.79 Å². The van der Waals surface area contributed by atoms with E-state index in [1.165, 1.54) is 25.0 Å². The van der Waals surface area contributed by atoms with Crippen molar-refractivity contribution in [1.29, 1.82) is 0 Å². The van der Waals surface area contributed by atoms with Crippen LogP contribution >= 0.6 is 0 Å². The normalized spacial score (nSPS) is 16.2. The van der Waals surface area contributed by atoms with Crippen LogP contribution in [0.3, 0.4) is 0 Å². The summed E-state index contributed by atoms with van der Waals surface area (Å²) >= 11 is 0. The molecular formula is C22H30F2N4O4. The van der Waals surface area contributed by atoms with E-state index in [1.54, 1.807) is 0 Å². The number of unbranched alkanes of at least 4 members (excludes halogenated alkanes) is 1. The lowest BCUT2D eigenvalue weighted by molar-refractivity contribution is -0.122. The fourth-order valence-electron chi connectivity index (χ4n) is 3.68. The number of hydrogen-bond acceptors (Lipinski definition) is 7. The minimum absolute atomic E-state index is 0.102. The van der Waals surface area contributed by atoms with Gasteiger partial charge in [-0.05, 0) is 63.0 Å². The molecule has 0 amide bonds. The molecule has 1 aliphatic rings. The smallest absolute Gasteiger partial charge is 0.387 e. The summed E-state index contributed by atoms with van der Waals surface area (Å²) in [4.78, 5) is 10.8. The number of piperidine rings is 1. The monoisotopic (exact) mass is 452 g/mol. The van der Waals surface area contributed by atoms with Crippen LogP contribution in [0.15, 0.2) is 24.3 Å². The summed E-state index contributed by atoms with van der Waals surface area (Å²) in [7, 11) is 0. The molecule has 0 saturated carbocycles. The molecule has 176 valence electrons. The Morgan fingerprint density at radius 1 is 1.34 bits per heavy atom. The van der Waals surface area contributed by atoms with Gasteiger partial charge >= 0.3 is 6.61 Å². The lowest BCUT2D eigenvalue weighted by Crippen LogP contribution is -2.42. The van der Waals surface area contributed by atoms with Crippen LogP contribution in [0, 0.1) is 6.92 Å². The SMILES string of the molecule is CCCCN1CCCC(Nc2cc(C)c(-c3ccc(OC(F)F)cc3O)nn2)C1.O=CO. The summed E-state index contributed by atoms with van der Waals surface area (Å²) < 4.78 is 29.0. The second-order valence-corrected chi connectivity index (χ2v) is 7.56. The molecule has 2 aromatic rings. The van der Waals surface area contributed by atoms with E-state index < -0.39 is 6.61 Å². The van der Waals surface area contributed by atoms with Crippen molar-refractivity contribution >= 4 is 12.3 Å². The minimum atomic E-state index is -2.94. The van der Waals surface area contributed by atoms with Crippen LogP contribution in [0.5, 0.6) is 11.5 Å². The lowest BCUT2D eigenvalue weighted by Gasteiger charge is -2.33. The highest BCUT2D eigenvalue weighted by molar-refractivity contribution is 5.71. The van der Waals surface area contributed by atoms with Gasteiger partial charge in [-0.15, -0.1) is 10.2 Å². The van der Waals surface area contributed by atoms with E-state index in [1.807, 2.05) is 13.0 Å². The Bertz CT molecular complexity index is 870. The van der Waals surface area contributed by atoms with Gasteiger partial charge < -0.3 is 25.2 Å².